The van der Waals surface area contributed by atoms with E-state index in [1.807, 2.05) is 5.57 Å². The van der Waals surface area contributed by atoms with Gasteiger partial charge in [-0.15, -0.1) is 0 Å². The third kappa shape index (κ3) is 0.741. The Bertz CT molecular complexity index is 277. The molecule has 14 heavy (non-hydrogen) atoms. The Hall–Kier alpha value is -0.260. The highest BCUT2D eigenvalue weighted by Crippen LogP contribution is 2.67. The van der Waals surface area contributed by atoms with Crippen molar-refractivity contribution in [1.29, 1.82) is 0 Å². The number of allylic oxidation sites excluding steroid dienone is 2. The highest BCUT2D eigenvalue weighted by molar-refractivity contribution is 5.26. The van der Waals surface area contributed by atoms with Gasteiger partial charge in [0.05, 0.1) is 0 Å². The van der Waals surface area contributed by atoms with Crippen LogP contribution in [0.15, 0.2) is 11.6 Å². The SMILES string of the molecule is C1=C2CCC3CCC4CCC(CC2)C134. The smallest absolute Gasteiger partial charge is 0.00306 e. The Kier molecular flexibility index (Phi) is 1.40. The van der Waals surface area contributed by atoms with Crippen molar-refractivity contribution in [2.45, 2.75) is 51.4 Å². The van der Waals surface area contributed by atoms with Crippen molar-refractivity contribution in [3.63, 3.8) is 0 Å². The Balaban J connectivity index is 1.90. The van der Waals surface area contributed by atoms with Gasteiger partial charge in [0.25, 0.3) is 0 Å². The molecule has 4 aliphatic rings. The van der Waals surface area contributed by atoms with Crippen LogP contribution in [0.4, 0.5) is 0 Å². The standard InChI is InChI=1S/C14H20/c1-3-11-5-7-13-8-6-12-4-2-10(1)9-14(11,12)13/h9,11-13H,1-8H2. The van der Waals surface area contributed by atoms with Gasteiger partial charge >= 0.3 is 0 Å². The number of hydrogen-bond acceptors (Lipinski definition) is 0. The molecule has 0 heteroatoms. The van der Waals surface area contributed by atoms with Crippen molar-refractivity contribution in [2.24, 2.45) is 23.2 Å². The van der Waals surface area contributed by atoms with Crippen LogP contribution in [-0.4, -0.2) is 0 Å². The van der Waals surface area contributed by atoms with Gasteiger partial charge in [0.15, 0.2) is 0 Å². The fraction of sp³-hybridized carbons (Fsp3) is 0.857. The second kappa shape index (κ2) is 2.46. The quantitative estimate of drug-likeness (QED) is 0.505. The molecular weight excluding hydrogens is 168 g/mol. The van der Waals surface area contributed by atoms with Crippen LogP contribution in [0, 0.1) is 23.2 Å². The van der Waals surface area contributed by atoms with Gasteiger partial charge < -0.3 is 0 Å². The normalized spacial score (nSPS) is 54.3. The summed E-state index contributed by atoms with van der Waals surface area (Å²) in [6.45, 7) is 0. The molecule has 0 radical (unpaired) electrons. The Morgan fingerprint density at radius 2 is 1.29 bits per heavy atom. The maximum absolute atomic E-state index is 2.79. The molecule has 0 saturated heterocycles. The molecular formula is C14H20. The lowest BCUT2D eigenvalue weighted by Crippen LogP contribution is -2.38. The molecule has 2 unspecified atom stereocenters. The second-order valence-electron chi connectivity index (χ2n) is 6.13. The van der Waals surface area contributed by atoms with Gasteiger partial charge in [-0.05, 0) is 74.5 Å². The monoisotopic (exact) mass is 188 g/mol. The molecule has 4 aliphatic carbocycles. The molecule has 76 valence electrons. The van der Waals surface area contributed by atoms with Crippen LogP contribution in [0.3, 0.4) is 0 Å². The van der Waals surface area contributed by atoms with Gasteiger partial charge in [-0.3, -0.25) is 0 Å². The summed E-state index contributed by atoms with van der Waals surface area (Å²) in [5.41, 5.74) is 2.59. The van der Waals surface area contributed by atoms with Crippen LogP contribution < -0.4 is 0 Å². The van der Waals surface area contributed by atoms with Gasteiger partial charge in [-0.1, -0.05) is 11.6 Å². The summed E-state index contributed by atoms with van der Waals surface area (Å²) >= 11 is 0. The van der Waals surface area contributed by atoms with E-state index >= 15 is 0 Å². The van der Waals surface area contributed by atoms with E-state index in [1.54, 1.807) is 38.5 Å². The molecule has 0 nitrogen and oxygen atoms in total. The van der Waals surface area contributed by atoms with Gasteiger partial charge in [-0.25, -0.2) is 0 Å². The molecule has 2 atom stereocenters. The zero-order valence-corrected chi connectivity index (χ0v) is 8.97. The first kappa shape index (κ1) is 7.96. The van der Waals surface area contributed by atoms with Crippen molar-refractivity contribution in [1.82, 2.24) is 0 Å². The molecule has 1 spiro atoms. The van der Waals surface area contributed by atoms with E-state index in [-0.39, 0.29) is 0 Å². The van der Waals surface area contributed by atoms with E-state index < -0.39 is 0 Å². The molecule has 0 aromatic heterocycles. The van der Waals surface area contributed by atoms with Gasteiger partial charge in [-0.2, -0.15) is 0 Å². The second-order valence-corrected chi connectivity index (χ2v) is 6.13. The fourth-order valence-corrected chi connectivity index (χ4v) is 5.43. The molecule has 4 rings (SSSR count). The molecule has 0 aliphatic heterocycles. The largest absolute Gasteiger partial charge is 0.0783 e. The minimum Gasteiger partial charge on any atom is -0.0783 e. The van der Waals surface area contributed by atoms with E-state index in [0.717, 1.165) is 23.2 Å². The molecule has 0 heterocycles. The molecule has 2 saturated carbocycles. The number of hydrogen-bond donors (Lipinski definition) is 0. The van der Waals surface area contributed by atoms with Crippen LogP contribution in [0.25, 0.3) is 0 Å². The zero-order valence-electron chi connectivity index (χ0n) is 8.97. The first-order chi connectivity index (χ1) is 6.89. The van der Waals surface area contributed by atoms with Crippen LogP contribution >= 0.6 is 0 Å². The lowest BCUT2D eigenvalue weighted by Gasteiger charge is -2.46. The highest BCUT2D eigenvalue weighted by atomic mass is 14.6. The third-order valence-electron chi connectivity index (χ3n) is 5.93. The van der Waals surface area contributed by atoms with Gasteiger partial charge in [0.2, 0.25) is 0 Å². The van der Waals surface area contributed by atoms with Crippen molar-refractivity contribution in [3.8, 4) is 0 Å². The van der Waals surface area contributed by atoms with E-state index in [9.17, 15) is 0 Å². The van der Waals surface area contributed by atoms with Crippen LogP contribution in [0.5, 0.6) is 0 Å². The van der Waals surface area contributed by atoms with Crippen molar-refractivity contribution in [2.75, 3.05) is 0 Å². The topological polar surface area (TPSA) is 0 Å². The predicted octanol–water partition coefficient (Wildman–Crippen LogP) is 3.92. The summed E-state index contributed by atoms with van der Waals surface area (Å²) < 4.78 is 0. The summed E-state index contributed by atoms with van der Waals surface area (Å²) in [5.74, 6) is 3.31. The third-order valence-corrected chi connectivity index (χ3v) is 5.93. The van der Waals surface area contributed by atoms with Crippen molar-refractivity contribution >= 4 is 0 Å². The van der Waals surface area contributed by atoms with Crippen LogP contribution in [0.1, 0.15) is 51.4 Å². The summed E-state index contributed by atoms with van der Waals surface area (Å²) in [5, 5.41) is 0. The van der Waals surface area contributed by atoms with Gasteiger partial charge in [0, 0.05) is 0 Å². The van der Waals surface area contributed by atoms with E-state index in [2.05, 4.69) is 6.08 Å². The van der Waals surface area contributed by atoms with Gasteiger partial charge in [0.1, 0.15) is 0 Å². The van der Waals surface area contributed by atoms with Crippen LogP contribution in [0.2, 0.25) is 0 Å². The Morgan fingerprint density at radius 3 is 1.86 bits per heavy atom. The van der Waals surface area contributed by atoms with Crippen molar-refractivity contribution < 1.29 is 0 Å². The minimum absolute atomic E-state index is 0.756. The highest BCUT2D eigenvalue weighted by Gasteiger charge is 2.58. The maximum Gasteiger partial charge on any atom is -0.00306 e. The molecule has 0 aromatic carbocycles. The van der Waals surface area contributed by atoms with E-state index in [4.69, 9.17) is 0 Å². The minimum atomic E-state index is 0.756. The summed E-state index contributed by atoms with van der Waals surface area (Å²) in [4.78, 5) is 0. The number of rotatable bonds is 0. The Labute approximate surface area is 86.8 Å². The Morgan fingerprint density at radius 1 is 0.786 bits per heavy atom. The lowest BCUT2D eigenvalue weighted by atomic mass is 9.58. The predicted molar refractivity (Wildman–Crippen MR) is 57.9 cm³/mol. The fourth-order valence-electron chi connectivity index (χ4n) is 5.43. The van der Waals surface area contributed by atoms with Crippen LogP contribution in [-0.2, 0) is 0 Å². The lowest BCUT2D eigenvalue weighted by molar-refractivity contribution is 0.118. The summed E-state index contributed by atoms with van der Waals surface area (Å²) in [6, 6.07) is 0. The zero-order chi connectivity index (χ0) is 9.17. The molecule has 0 amide bonds. The molecule has 2 bridgehead atoms. The van der Waals surface area contributed by atoms with Crippen molar-refractivity contribution in [3.05, 3.63) is 11.6 Å². The first-order valence-electron chi connectivity index (χ1n) is 6.60. The summed E-state index contributed by atoms with van der Waals surface area (Å²) in [6.07, 6.45) is 15.0. The molecule has 2 fully saturated rings. The average Bonchev–Trinajstić information content (AvgIpc) is 2.68. The van der Waals surface area contributed by atoms with E-state index in [0.29, 0.717) is 0 Å². The maximum atomic E-state index is 2.79. The molecule has 0 aromatic rings. The summed E-state index contributed by atoms with van der Waals surface area (Å²) in [7, 11) is 0. The van der Waals surface area contributed by atoms with E-state index in [1.165, 1.54) is 12.8 Å². The average molecular weight is 188 g/mol. The first-order valence-corrected chi connectivity index (χ1v) is 6.60. The molecule has 0 N–H and O–H groups in total.